The lowest BCUT2D eigenvalue weighted by molar-refractivity contribution is -0.210. The van der Waals surface area contributed by atoms with Crippen LogP contribution in [-0.4, -0.2) is 30.0 Å². The second-order valence-corrected chi connectivity index (χ2v) is 7.37. The molecule has 2 aromatic carbocycles. The molecule has 2 atom stereocenters. The lowest BCUT2D eigenvalue weighted by Gasteiger charge is -2.58. The van der Waals surface area contributed by atoms with Crippen molar-refractivity contribution in [1.29, 1.82) is 0 Å². The number of rotatable bonds is 4. The molecule has 0 saturated carbocycles. The third-order valence-electron chi connectivity index (χ3n) is 5.62. The van der Waals surface area contributed by atoms with E-state index in [9.17, 15) is 4.79 Å². The SMILES string of the molecule is Cc1ccc([C@@]2(OC(=O)Cc3ccccc3)CN3CCCC[C@@H]32)cc1. The summed E-state index contributed by atoms with van der Waals surface area (Å²) in [6.45, 7) is 4.03. The number of hydrogen-bond donors (Lipinski definition) is 0. The Kier molecular flexibility index (Phi) is 4.34. The summed E-state index contributed by atoms with van der Waals surface area (Å²) in [5, 5.41) is 0. The van der Waals surface area contributed by atoms with Crippen LogP contribution in [0.15, 0.2) is 54.6 Å². The highest BCUT2D eigenvalue weighted by atomic mass is 16.6. The molecule has 2 saturated heterocycles. The molecule has 0 unspecified atom stereocenters. The molecule has 0 spiro atoms. The fourth-order valence-electron chi connectivity index (χ4n) is 4.28. The molecule has 2 heterocycles. The molecule has 0 N–H and O–H groups in total. The van der Waals surface area contributed by atoms with Gasteiger partial charge in [0.25, 0.3) is 0 Å². The molecule has 25 heavy (non-hydrogen) atoms. The van der Waals surface area contributed by atoms with Crippen molar-refractivity contribution in [2.75, 3.05) is 13.1 Å². The third kappa shape index (κ3) is 3.09. The van der Waals surface area contributed by atoms with Gasteiger partial charge in [0, 0.05) is 6.54 Å². The maximum Gasteiger partial charge on any atom is 0.311 e. The van der Waals surface area contributed by atoms with Gasteiger partial charge >= 0.3 is 5.97 Å². The monoisotopic (exact) mass is 335 g/mol. The first-order chi connectivity index (χ1) is 12.2. The molecule has 130 valence electrons. The maximum atomic E-state index is 12.7. The standard InChI is InChI=1S/C22H25NO2/c1-17-10-12-19(13-11-17)22(16-23-14-6-5-9-20(22)23)25-21(24)15-18-7-3-2-4-8-18/h2-4,7-8,10-13,20H,5-6,9,14-16H2,1H3/t20-,22+/m1/s1. The van der Waals surface area contributed by atoms with Gasteiger partial charge in [0.15, 0.2) is 5.60 Å². The molecule has 2 aromatic rings. The van der Waals surface area contributed by atoms with Crippen LogP contribution in [0.1, 0.15) is 36.0 Å². The Morgan fingerprint density at radius 2 is 1.88 bits per heavy atom. The van der Waals surface area contributed by atoms with Crippen LogP contribution in [-0.2, 0) is 21.6 Å². The van der Waals surface area contributed by atoms with Crippen LogP contribution in [0, 0.1) is 6.92 Å². The molecule has 2 aliphatic rings. The number of hydrogen-bond acceptors (Lipinski definition) is 3. The van der Waals surface area contributed by atoms with E-state index in [-0.39, 0.29) is 5.97 Å². The maximum absolute atomic E-state index is 12.7. The van der Waals surface area contributed by atoms with Crippen LogP contribution in [0.3, 0.4) is 0 Å². The summed E-state index contributed by atoms with van der Waals surface area (Å²) in [6.07, 6.45) is 3.90. The summed E-state index contributed by atoms with van der Waals surface area (Å²) in [7, 11) is 0. The zero-order valence-electron chi connectivity index (χ0n) is 14.8. The summed E-state index contributed by atoms with van der Waals surface area (Å²) < 4.78 is 6.19. The molecule has 0 radical (unpaired) electrons. The smallest absolute Gasteiger partial charge is 0.311 e. The summed E-state index contributed by atoms with van der Waals surface area (Å²) in [5.74, 6) is -0.128. The minimum absolute atomic E-state index is 0.128. The van der Waals surface area contributed by atoms with Gasteiger partial charge in [0.05, 0.1) is 12.5 Å². The lowest BCUT2D eigenvalue weighted by Crippen LogP contribution is -2.70. The van der Waals surface area contributed by atoms with Gasteiger partial charge in [-0.3, -0.25) is 9.69 Å². The number of benzene rings is 2. The molecule has 0 aromatic heterocycles. The normalized spacial score (nSPS) is 25.7. The van der Waals surface area contributed by atoms with E-state index in [4.69, 9.17) is 4.74 Å². The van der Waals surface area contributed by atoms with Crippen molar-refractivity contribution in [3.05, 3.63) is 71.3 Å². The van der Waals surface area contributed by atoms with E-state index < -0.39 is 5.60 Å². The highest BCUT2D eigenvalue weighted by Crippen LogP contribution is 2.46. The predicted molar refractivity (Wildman–Crippen MR) is 98.3 cm³/mol. The molecule has 2 fully saturated rings. The van der Waals surface area contributed by atoms with Gasteiger partial charge < -0.3 is 4.74 Å². The number of nitrogens with zero attached hydrogens (tertiary/aromatic N) is 1. The Labute approximate surface area is 149 Å². The number of carbonyl (C=O) groups excluding carboxylic acids is 1. The first kappa shape index (κ1) is 16.3. The molecular formula is C22H25NO2. The van der Waals surface area contributed by atoms with E-state index >= 15 is 0 Å². The number of carbonyl (C=O) groups is 1. The van der Waals surface area contributed by atoms with Gasteiger partial charge in [0.2, 0.25) is 0 Å². The fraction of sp³-hybridized carbons (Fsp3) is 0.409. The van der Waals surface area contributed by atoms with Crippen molar-refractivity contribution in [2.45, 2.75) is 44.2 Å². The molecule has 4 rings (SSSR count). The van der Waals surface area contributed by atoms with Crippen LogP contribution in [0.2, 0.25) is 0 Å². The number of fused-ring (bicyclic) bond motifs is 1. The molecular weight excluding hydrogens is 310 g/mol. The number of esters is 1. The summed E-state index contributed by atoms with van der Waals surface area (Å²) in [6, 6.07) is 18.7. The first-order valence-corrected chi connectivity index (χ1v) is 9.24. The zero-order valence-corrected chi connectivity index (χ0v) is 14.8. The van der Waals surface area contributed by atoms with Gasteiger partial charge in [-0.2, -0.15) is 0 Å². The van der Waals surface area contributed by atoms with Gasteiger partial charge in [-0.15, -0.1) is 0 Å². The molecule has 0 bridgehead atoms. The molecule has 0 aliphatic carbocycles. The topological polar surface area (TPSA) is 29.5 Å². The highest BCUT2D eigenvalue weighted by Gasteiger charge is 2.57. The van der Waals surface area contributed by atoms with E-state index in [1.165, 1.54) is 18.4 Å². The second kappa shape index (κ2) is 6.64. The van der Waals surface area contributed by atoms with Crippen molar-refractivity contribution in [2.24, 2.45) is 0 Å². The molecule has 2 aliphatic heterocycles. The Bertz CT molecular complexity index is 740. The Morgan fingerprint density at radius 3 is 2.60 bits per heavy atom. The van der Waals surface area contributed by atoms with E-state index in [0.29, 0.717) is 12.5 Å². The van der Waals surface area contributed by atoms with E-state index in [1.807, 2.05) is 30.3 Å². The highest BCUT2D eigenvalue weighted by molar-refractivity contribution is 5.73. The number of aryl methyl sites for hydroxylation is 1. The average molecular weight is 335 g/mol. The van der Waals surface area contributed by atoms with Gasteiger partial charge in [-0.05, 0) is 37.4 Å². The summed E-state index contributed by atoms with van der Waals surface area (Å²) in [5.41, 5.74) is 2.91. The van der Waals surface area contributed by atoms with Crippen molar-refractivity contribution in [3.8, 4) is 0 Å². The molecule has 3 heteroatoms. The quantitative estimate of drug-likeness (QED) is 0.795. The molecule has 0 amide bonds. The van der Waals surface area contributed by atoms with Crippen LogP contribution in [0.5, 0.6) is 0 Å². The van der Waals surface area contributed by atoms with Gasteiger partial charge in [-0.1, -0.05) is 66.6 Å². The summed E-state index contributed by atoms with van der Waals surface area (Å²) >= 11 is 0. The lowest BCUT2D eigenvalue weighted by atomic mass is 9.73. The predicted octanol–water partition coefficient (Wildman–Crippen LogP) is 3.84. The van der Waals surface area contributed by atoms with Crippen LogP contribution in [0.25, 0.3) is 0 Å². The Balaban J connectivity index is 1.58. The van der Waals surface area contributed by atoms with E-state index in [1.54, 1.807) is 0 Å². The van der Waals surface area contributed by atoms with Crippen molar-refractivity contribution in [1.82, 2.24) is 4.90 Å². The minimum Gasteiger partial charge on any atom is -0.451 e. The Hall–Kier alpha value is -2.13. The first-order valence-electron chi connectivity index (χ1n) is 9.24. The van der Waals surface area contributed by atoms with Crippen LogP contribution >= 0.6 is 0 Å². The van der Waals surface area contributed by atoms with Crippen molar-refractivity contribution in [3.63, 3.8) is 0 Å². The van der Waals surface area contributed by atoms with E-state index in [0.717, 1.165) is 30.6 Å². The van der Waals surface area contributed by atoms with Crippen LogP contribution < -0.4 is 0 Å². The van der Waals surface area contributed by atoms with Crippen LogP contribution in [0.4, 0.5) is 0 Å². The number of piperidine rings is 1. The molecule has 3 nitrogen and oxygen atoms in total. The van der Waals surface area contributed by atoms with Gasteiger partial charge in [-0.25, -0.2) is 0 Å². The largest absolute Gasteiger partial charge is 0.451 e. The van der Waals surface area contributed by atoms with Crippen molar-refractivity contribution < 1.29 is 9.53 Å². The van der Waals surface area contributed by atoms with Gasteiger partial charge in [0.1, 0.15) is 0 Å². The third-order valence-corrected chi connectivity index (χ3v) is 5.62. The fourth-order valence-corrected chi connectivity index (χ4v) is 4.28. The minimum atomic E-state index is -0.472. The summed E-state index contributed by atoms with van der Waals surface area (Å²) in [4.78, 5) is 15.2. The zero-order chi connectivity index (χ0) is 17.3. The average Bonchev–Trinajstić information content (AvgIpc) is 2.61. The second-order valence-electron chi connectivity index (χ2n) is 7.37. The Morgan fingerprint density at radius 1 is 1.12 bits per heavy atom. The van der Waals surface area contributed by atoms with E-state index in [2.05, 4.69) is 36.1 Å². The van der Waals surface area contributed by atoms with Crippen molar-refractivity contribution >= 4 is 5.97 Å². The number of ether oxygens (including phenoxy) is 1.